The minimum atomic E-state index is 0.247. The fourth-order valence-corrected chi connectivity index (χ4v) is 2.24. The molecule has 112 valence electrons. The van der Waals surface area contributed by atoms with E-state index >= 15 is 0 Å². The van der Waals surface area contributed by atoms with E-state index in [-0.39, 0.29) is 5.41 Å². The lowest BCUT2D eigenvalue weighted by atomic mass is 9.77. The summed E-state index contributed by atoms with van der Waals surface area (Å²) in [6, 6.07) is 0. The molecule has 0 heterocycles. The van der Waals surface area contributed by atoms with Crippen LogP contribution in [-0.2, 0) is 0 Å². The van der Waals surface area contributed by atoms with Gasteiger partial charge in [0.05, 0.1) is 0 Å². The van der Waals surface area contributed by atoms with Crippen molar-refractivity contribution in [2.24, 2.45) is 11.3 Å². The summed E-state index contributed by atoms with van der Waals surface area (Å²) in [5.74, 6) is 0.582. The van der Waals surface area contributed by atoms with Crippen LogP contribution in [0.25, 0.3) is 0 Å². The SMILES string of the molecule is C=C(/C=C(C)\C(=C/C)C(C)C)C(C)(CC)CC.CC. The van der Waals surface area contributed by atoms with Crippen LogP contribution in [0.4, 0.5) is 0 Å². The maximum absolute atomic E-state index is 4.28. The van der Waals surface area contributed by atoms with Crippen LogP contribution in [0.3, 0.4) is 0 Å². The zero-order valence-corrected chi connectivity index (χ0v) is 14.9. The molecule has 0 nitrogen and oxygen atoms in total. The Morgan fingerprint density at radius 2 is 1.58 bits per heavy atom. The molecule has 0 saturated carbocycles. The van der Waals surface area contributed by atoms with Gasteiger partial charge in [-0.05, 0) is 54.7 Å². The standard InChI is InChI=1S/C17H30.C2H6/c1-9-16(13(4)5)14(6)12-15(7)17(8,10-2)11-3;1-2/h9,12-13H,7,10-11H2,1-6,8H3;1-2H3/b14-12-,16-9-;. The fraction of sp³-hybridized carbons (Fsp3) is 0.684. The van der Waals surface area contributed by atoms with Crippen molar-refractivity contribution in [1.82, 2.24) is 0 Å². The van der Waals surface area contributed by atoms with Crippen LogP contribution < -0.4 is 0 Å². The molecule has 0 N–H and O–H groups in total. The summed E-state index contributed by atoms with van der Waals surface area (Å²) in [7, 11) is 0. The summed E-state index contributed by atoms with van der Waals surface area (Å²) >= 11 is 0. The molecule has 0 heteroatoms. The summed E-state index contributed by atoms with van der Waals surface area (Å²) < 4.78 is 0. The molecule has 0 bridgehead atoms. The van der Waals surface area contributed by atoms with E-state index in [1.165, 1.54) is 16.7 Å². The zero-order valence-electron chi connectivity index (χ0n) is 14.9. The first-order valence-electron chi connectivity index (χ1n) is 7.86. The molecule has 0 amide bonds. The van der Waals surface area contributed by atoms with Gasteiger partial charge in [-0.1, -0.05) is 67.2 Å². The Bertz CT molecular complexity index is 309. The van der Waals surface area contributed by atoms with E-state index in [4.69, 9.17) is 0 Å². The third kappa shape index (κ3) is 6.27. The molecule has 0 aromatic heterocycles. The highest BCUT2D eigenvalue weighted by Gasteiger charge is 2.22. The third-order valence-electron chi connectivity index (χ3n) is 4.11. The van der Waals surface area contributed by atoms with Crippen molar-refractivity contribution in [3.8, 4) is 0 Å². The topological polar surface area (TPSA) is 0 Å². The Balaban J connectivity index is 0. The Hall–Kier alpha value is -0.780. The van der Waals surface area contributed by atoms with Gasteiger partial charge in [-0.25, -0.2) is 0 Å². The molecular weight excluding hydrogens is 228 g/mol. The lowest BCUT2D eigenvalue weighted by Gasteiger charge is -2.28. The van der Waals surface area contributed by atoms with E-state index in [1.54, 1.807) is 0 Å². The van der Waals surface area contributed by atoms with Gasteiger partial charge in [0.2, 0.25) is 0 Å². The number of hydrogen-bond acceptors (Lipinski definition) is 0. The Labute approximate surface area is 122 Å². The summed E-state index contributed by atoms with van der Waals surface area (Å²) in [5.41, 5.74) is 4.30. The van der Waals surface area contributed by atoms with Gasteiger partial charge in [0, 0.05) is 0 Å². The normalized spacial score (nSPS) is 13.2. The third-order valence-corrected chi connectivity index (χ3v) is 4.11. The van der Waals surface area contributed by atoms with Gasteiger partial charge in [0.25, 0.3) is 0 Å². The molecule has 0 aliphatic heterocycles. The van der Waals surface area contributed by atoms with Crippen LogP contribution >= 0.6 is 0 Å². The largest absolute Gasteiger partial charge is 0.0953 e. The van der Waals surface area contributed by atoms with Crippen molar-refractivity contribution in [3.63, 3.8) is 0 Å². The van der Waals surface area contributed by atoms with Crippen molar-refractivity contribution in [3.05, 3.63) is 35.5 Å². The fourth-order valence-electron chi connectivity index (χ4n) is 2.24. The number of allylic oxidation sites excluding steroid dienone is 5. The van der Waals surface area contributed by atoms with Crippen LogP contribution in [0.1, 0.15) is 75.2 Å². The molecule has 0 radical (unpaired) electrons. The van der Waals surface area contributed by atoms with Crippen LogP contribution in [0, 0.1) is 11.3 Å². The molecule has 0 rings (SSSR count). The van der Waals surface area contributed by atoms with Crippen molar-refractivity contribution in [2.75, 3.05) is 0 Å². The molecule has 0 aliphatic carbocycles. The second kappa shape index (κ2) is 10.1. The summed E-state index contributed by atoms with van der Waals surface area (Å²) in [5, 5.41) is 0. The highest BCUT2D eigenvalue weighted by atomic mass is 14.3. The van der Waals surface area contributed by atoms with E-state index in [0.29, 0.717) is 5.92 Å². The average Bonchev–Trinajstić information content (AvgIpc) is 2.40. The van der Waals surface area contributed by atoms with Gasteiger partial charge in [-0.3, -0.25) is 0 Å². The van der Waals surface area contributed by atoms with Crippen molar-refractivity contribution < 1.29 is 0 Å². The van der Waals surface area contributed by atoms with Crippen molar-refractivity contribution in [2.45, 2.75) is 75.2 Å². The van der Waals surface area contributed by atoms with Crippen molar-refractivity contribution >= 4 is 0 Å². The van der Waals surface area contributed by atoms with E-state index in [9.17, 15) is 0 Å². The lowest BCUT2D eigenvalue weighted by Crippen LogP contribution is -2.15. The first kappa shape index (κ1) is 20.5. The maximum atomic E-state index is 4.28. The van der Waals surface area contributed by atoms with E-state index in [1.807, 2.05) is 13.8 Å². The molecule has 0 aromatic carbocycles. The summed E-state index contributed by atoms with van der Waals surface area (Å²) in [6.07, 6.45) is 6.80. The number of rotatable bonds is 6. The summed E-state index contributed by atoms with van der Waals surface area (Å²) in [6.45, 7) is 23.9. The first-order chi connectivity index (χ1) is 8.82. The lowest BCUT2D eigenvalue weighted by molar-refractivity contribution is 0.377. The molecule has 0 unspecified atom stereocenters. The molecule has 0 atom stereocenters. The molecule has 19 heavy (non-hydrogen) atoms. The minimum Gasteiger partial charge on any atom is -0.0953 e. The highest BCUT2D eigenvalue weighted by molar-refractivity contribution is 5.37. The van der Waals surface area contributed by atoms with E-state index in [2.05, 4.69) is 67.2 Å². The van der Waals surface area contributed by atoms with Crippen LogP contribution in [0.5, 0.6) is 0 Å². The summed E-state index contributed by atoms with van der Waals surface area (Å²) in [4.78, 5) is 0. The second-order valence-electron chi connectivity index (χ2n) is 5.52. The van der Waals surface area contributed by atoms with Gasteiger partial charge in [-0.15, -0.1) is 0 Å². The smallest absolute Gasteiger partial charge is 0.00862 e. The van der Waals surface area contributed by atoms with Gasteiger partial charge >= 0.3 is 0 Å². The Morgan fingerprint density at radius 3 is 1.84 bits per heavy atom. The Morgan fingerprint density at radius 1 is 1.16 bits per heavy atom. The predicted molar refractivity (Wildman–Crippen MR) is 91.5 cm³/mol. The minimum absolute atomic E-state index is 0.247. The molecule has 0 fully saturated rings. The van der Waals surface area contributed by atoms with Crippen LogP contribution in [0.2, 0.25) is 0 Å². The first-order valence-corrected chi connectivity index (χ1v) is 7.86. The molecule has 0 aliphatic rings. The van der Waals surface area contributed by atoms with Gasteiger partial charge in [0.1, 0.15) is 0 Å². The van der Waals surface area contributed by atoms with Gasteiger partial charge in [-0.2, -0.15) is 0 Å². The quantitative estimate of drug-likeness (QED) is 0.456. The van der Waals surface area contributed by atoms with E-state index < -0.39 is 0 Å². The van der Waals surface area contributed by atoms with E-state index in [0.717, 1.165) is 12.8 Å². The monoisotopic (exact) mass is 264 g/mol. The predicted octanol–water partition coefficient (Wildman–Crippen LogP) is 6.94. The average molecular weight is 264 g/mol. The molecular formula is C19H36. The molecule has 0 saturated heterocycles. The second-order valence-corrected chi connectivity index (χ2v) is 5.52. The number of hydrogen-bond donors (Lipinski definition) is 0. The van der Waals surface area contributed by atoms with Crippen LogP contribution in [-0.4, -0.2) is 0 Å². The maximum Gasteiger partial charge on any atom is -0.00862 e. The van der Waals surface area contributed by atoms with Gasteiger partial charge in [0.15, 0.2) is 0 Å². The molecule has 0 aromatic rings. The van der Waals surface area contributed by atoms with Gasteiger partial charge < -0.3 is 0 Å². The zero-order chi connectivity index (χ0) is 15.6. The van der Waals surface area contributed by atoms with Crippen LogP contribution in [0.15, 0.2) is 35.5 Å². The molecule has 0 spiro atoms. The highest BCUT2D eigenvalue weighted by Crippen LogP contribution is 2.35. The van der Waals surface area contributed by atoms with Crippen molar-refractivity contribution in [1.29, 1.82) is 0 Å². The Kier molecular flexibility index (Phi) is 10.9.